The highest BCUT2D eigenvalue weighted by Gasteiger charge is 2.47. The minimum atomic E-state index is -3.13. The van der Waals surface area contributed by atoms with E-state index in [-0.39, 0.29) is 35.2 Å². The summed E-state index contributed by atoms with van der Waals surface area (Å²) in [5.41, 5.74) is 1.49. The van der Waals surface area contributed by atoms with Crippen LogP contribution in [-0.2, 0) is 14.6 Å². The highest BCUT2D eigenvalue weighted by molar-refractivity contribution is 9.10. The van der Waals surface area contributed by atoms with Gasteiger partial charge in [0, 0.05) is 20.9 Å². The highest BCUT2D eigenvalue weighted by Crippen LogP contribution is 2.35. The summed E-state index contributed by atoms with van der Waals surface area (Å²) >= 11 is 10.8. The predicted molar refractivity (Wildman–Crippen MR) is 123 cm³/mol. The van der Waals surface area contributed by atoms with Gasteiger partial charge in [-0.3, -0.25) is 9.79 Å². The maximum absolute atomic E-state index is 12.4. The van der Waals surface area contributed by atoms with Crippen LogP contribution in [0, 0.1) is 0 Å². The van der Waals surface area contributed by atoms with Crippen LogP contribution in [0.2, 0.25) is 5.02 Å². The molecule has 2 aromatic carbocycles. The molecular formula is C19H17BrClN3O3S2. The van der Waals surface area contributed by atoms with Crippen LogP contribution in [0.4, 0.5) is 11.4 Å². The number of fused-ring (bicyclic) bond motifs is 1. The van der Waals surface area contributed by atoms with Gasteiger partial charge < -0.3 is 10.2 Å². The lowest BCUT2D eigenvalue weighted by Crippen LogP contribution is -2.39. The van der Waals surface area contributed by atoms with E-state index in [4.69, 9.17) is 11.6 Å². The summed E-state index contributed by atoms with van der Waals surface area (Å²) in [7, 11) is -3.13. The Kier molecular flexibility index (Phi) is 5.92. The van der Waals surface area contributed by atoms with Gasteiger partial charge in [0.25, 0.3) is 0 Å². The summed E-state index contributed by atoms with van der Waals surface area (Å²) in [6, 6.07) is 14.0. The molecule has 1 saturated heterocycles. The van der Waals surface area contributed by atoms with Crippen LogP contribution in [0.1, 0.15) is 0 Å². The second-order valence-corrected chi connectivity index (χ2v) is 11.3. The van der Waals surface area contributed by atoms with Gasteiger partial charge in [0.1, 0.15) is 0 Å². The van der Waals surface area contributed by atoms with E-state index >= 15 is 0 Å². The molecule has 0 aliphatic carbocycles. The third kappa shape index (κ3) is 4.79. The Bertz CT molecular complexity index is 1080. The molecule has 1 amide bonds. The number of hydrogen-bond acceptors (Lipinski definition) is 6. The van der Waals surface area contributed by atoms with Crippen molar-refractivity contribution in [3.05, 3.63) is 58.0 Å². The topological polar surface area (TPSA) is 78.8 Å². The summed E-state index contributed by atoms with van der Waals surface area (Å²) in [6.07, 6.45) is 0. The normalized spacial score (nSPS) is 22.3. The molecule has 29 heavy (non-hydrogen) atoms. The van der Waals surface area contributed by atoms with Gasteiger partial charge in [-0.2, -0.15) is 0 Å². The first-order valence-electron chi connectivity index (χ1n) is 8.82. The number of anilines is 2. The molecule has 0 unspecified atom stereocenters. The number of halogens is 2. The second-order valence-electron chi connectivity index (χ2n) is 6.82. The van der Waals surface area contributed by atoms with E-state index in [9.17, 15) is 13.2 Å². The largest absolute Gasteiger partial charge is 0.325 e. The van der Waals surface area contributed by atoms with E-state index in [1.54, 1.807) is 12.1 Å². The zero-order chi connectivity index (χ0) is 20.6. The summed E-state index contributed by atoms with van der Waals surface area (Å²) in [5.74, 6) is 0.0842. The number of sulfone groups is 1. The molecule has 2 heterocycles. The number of carbonyl (C=O) groups is 1. The molecule has 2 atom stereocenters. The zero-order valence-electron chi connectivity index (χ0n) is 15.1. The van der Waals surface area contributed by atoms with Gasteiger partial charge in [-0.25, -0.2) is 8.42 Å². The fourth-order valence-electron chi connectivity index (χ4n) is 3.42. The minimum Gasteiger partial charge on any atom is -0.325 e. The molecule has 0 saturated carbocycles. The van der Waals surface area contributed by atoms with E-state index < -0.39 is 9.84 Å². The monoisotopic (exact) mass is 513 g/mol. The van der Waals surface area contributed by atoms with Gasteiger partial charge in [-0.05, 0) is 42.5 Å². The lowest BCUT2D eigenvalue weighted by Gasteiger charge is -2.26. The fourth-order valence-corrected chi connectivity index (χ4v) is 6.64. The first kappa shape index (κ1) is 20.7. The molecule has 0 bridgehead atoms. The van der Waals surface area contributed by atoms with Crippen molar-refractivity contribution >= 4 is 71.6 Å². The van der Waals surface area contributed by atoms with E-state index in [0.717, 1.165) is 10.2 Å². The number of amides is 1. The molecule has 2 aromatic rings. The van der Waals surface area contributed by atoms with Crippen molar-refractivity contribution in [3.63, 3.8) is 0 Å². The van der Waals surface area contributed by atoms with Gasteiger partial charge in [0.05, 0.1) is 29.3 Å². The minimum absolute atomic E-state index is 0.0316. The molecule has 2 aliphatic rings. The maximum atomic E-state index is 12.4. The highest BCUT2D eigenvalue weighted by atomic mass is 79.9. The first-order valence-corrected chi connectivity index (χ1v) is 12.8. The Balaban J connectivity index is 1.50. The van der Waals surface area contributed by atoms with E-state index in [2.05, 4.69) is 26.2 Å². The average Bonchev–Trinajstić information content (AvgIpc) is 3.13. The van der Waals surface area contributed by atoms with Gasteiger partial charge in [0.15, 0.2) is 15.0 Å². The molecule has 4 rings (SSSR count). The lowest BCUT2D eigenvalue weighted by molar-refractivity contribution is -0.113. The SMILES string of the molecule is O=C(CSC1=N[C@@H]2CS(=O)(=O)C[C@H]2N1c1cccc(Cl)c1)Nc1ccc(Br)cc1. The van der Waals surface area contributed by atoms with Crippen molar-refractivity contribution in [1.82, 2.24) is 0 Å². The molecule has 2 aliphatic heterocycles. The zero-order valence-corrected chi connectivity index (χ0v) is 19.1. The molecule has 152 valence electrons. The molecule has 0 aromatic heterocycles. The first-order chi connectivity index (χ1) is 13.8. The number of nitrogens with zero attached hydrogens (tertiary/aromatic N) is 2. The molecular weight excluding hydrogens is 498 g/mol. The smallest absolute Gasteiger partial charge is 0.234 e. The number of carbonyl (C=O) groups excluding carboxylic acids is 1. The second kappa shape index (κ2) is 8.29. The Hall–Kier alpha value is -1.55. The Morgan fingerprint density at radius 1 is 1.24 bits per heavy atom. The summed E-state index contributed by atoms with van der Waals surface area (Å²) in [4.78, 5) is 18.9. The predicted octanol–water partition coefficient (Wildman–Crippen LogP) is 3.82. The quantitative estimate of drug-likeness (QED) is 0.671. The van der Waals surface area contributed by atoms with Gasteiger partial charge in [0.2, 0.25) is 5.91 Å². The maximum Gasteiger partial charge on any atom is 0.234 e. The van der Waals surface area contributed by atoms with Gasteiger partial charge in [-0.15, -0.1) is 0 Å². The average molecular weight is 515 g/mol. The van der Waals surface area contributed by atoms with Crippen molar-refractivity contribution < 1.29 is 13.2 Å². The van der Waals surface area contributed by atoms with Gasteiger partial charge >= 0.3 is 0 Å². The van der Waals surface area contributed by atoms with Crippen LogP contribution in [0.15, 0.2) is 58.0 Å². The number of aliphatic imine (C=N–C) groups is 1. The van der Waals surface area contributed by atoms with E-state index in [1.165, 1.54) is 11.8 Å². The van der Waals surface area contributed by atoms with Crippen molar-refractivity contribution in [2.24, 2.45) is 4.99 Å². The van der Waals surface area contributed by atoms with Crippen molar-refractivity contribution in [1.29, 1.82) is 0 Å². The number of benzene rings is 2. The van der Waals surface area contributed by atoms with Crippen molar-refractivity contribution in [2.45, 2.75) is 12.1 Å². The number of hydrogen-bond donors (Lipinski definition) is 1. The molecule has 0 spiro atoms. The molecule has 10 heteroatoms. The standard InChI is InChI=1S/C19H17BrClN3O3S2/c20-12-4-6-14(7-5-12)22-18(25)9-28-19-23-16-10-29(26,27)11-17(16)24(19)15-3-1-2-13(21)8-15/h1-8,16-17H,9-11H2,(H,22,25)/t16-,17-/m1/s1. The van der Waals surface area contributed by atoms with Crippen molar-refractivity contribution in [2.75, 3.05) is 27.5 Å². The van der Waals surface area contributed by atoms with Crippen LogP contribution in [0.3, 0.4) is 0 Å². The Morgan fingerprint density at radius 2 is 2.00 bits per heavy atom. The number of amidine groups is 1. The van der Waals surface area contributed by atoms with Gasteiger partial charge in [-0.1, -0.05) is 45.4 Å². The van der Waals surface area contributed by atoms with Crippen LogP contribution in [0.25, 0.3) is 0 Å². The van der Waals surface area contributed by atoms with Crippen LogP contribution in [0.5, 0.6) is 0 Å². The van der Waals surface area contributed by atoms with Crippen LogP contribution in [-0.4, -0.2) is 48.8 Å². The molecule has 1 fully saturated rings. The van der Waals surface area contributed by atoms with E-state index in [0.29, 0.717) is 15.9 Å². The molecule has 6 nitrogen and oxygen atoms in total. The number of rotatable bonds is 4. The van der Waals surface area contributed by atoms with Crippen LogP contribution >= 0.6 is 39.3 Å². The number of nitrogens with one attached hydrogen (secondary N) is 1. The fraction of sp³-hybridized carbons (Fsp3) is 0.263. The molecule has 1 N–H and O–H groups in total. The third-order valence-corrected chi connectivity index (χ3v) is 8.08. The van der Waals surface area contributed by atoms with Crippen molar-refractivity contribution in [3.8, 4) is 0 Å². The summed E-state index contributed by atoms with van der Waals surface area (Å²) < 4.78 is 25.1. The van der Waals surface area contributed by atoms with Crippen LogP contribution < -0.4 is 10.2 Å². The molecule has 0 radical (unpaired) electrons. The lowest BCUT2D eigenvalue weighted by atomic mass is 10.1. The third-order valence-electron chi connectivity index (χ3n) is 4.65. The Morgan fingerprint density at radius 3 is 2.72 bits per heavy atom. The summed E-state index contributed by atoms with van der Waals surface area (Å²) in [5, 5.41) is 4.05. The van der Waals surface area contributed by atoms with E-state index in [1.807, 2.05) is 41.3 Å². The number of thioether (sulfide) groups is 1. The summed E-state index contributed by atoms with van der Waals surface area (Å²) in [6.45, 7) is 0. The Labute approximate surface area is 186 Å².